The highest BCUT2D eigenvalue weighted by atomic mass is 19.4. The first-order valence-electron chi connectivity index (χ1n) is 8.64. The smallest absolute Gasteiger partial charge is 0.416 e. The van der Waals surface area contributed by atoms with Crippen LogP contribution in [0.25, 0.3) is 11.0 Å². The Kier molecular flexibility index (Phi) is 5.97. The quantitative estimate of drug-likeness (QED) is 0.350. The summed E-state index contributed by atoms with van der Waals surface area (Å²) >= 11 is 0. The molecule has 168 valence electrons. The van der Waals surface area contributed by atoms with Crippen LogP contribution < -0.4 is 10.9 Å². The Morgan fingerprint density at radius 2 is 1.50 bits per heavy atom. The summed E-state index contributed by atoms with van der Waals surface area (Å²) in [4.78, 5) is 35.9. The fourth-order valence-corrected chi connectivity index (χ4v) is 2.64. The van der Waals surface area contributed by atoms with E-state index in [1.165, 1.54) is 12.1 Å². The summed E-state index contributed by atoms with van der Waals surface area (Å²) in [7, 11) is 0. The van der Waals surface area contributed by atoms with Crippen molar-refractivity contribution in [2.24, 2.45) is 0 Å². The zero-order valence-electron chi connectivity index (χ0n) is 15.6. The molecule has 0 aliphatic carbocycles. The Hall–Kier alpha value is -3.83. The van der Waals surface area contributed by atoms with Crippen LogP contribution >= 0.6 is 0 Å². The number of halogens is 6. The van der Waals surface area contributed by atoms with Gasteiger partial charge in [-0.1, -0.05) is 18.2 Å². The van der Waals surface area contributed by atoms with E-state index in [0.717, 1.165) is 6.07 Å². The second kappa shape index (κ2) is 8.36. The van der Waals surface area contributed by atoms with Crippen molar-refractivity contribution < 1.29 is 45.1 Å². The number of carbonyl (C=O) groups is 2. The highest BCUT2D eigenvalue weighted by molar-refractivity contribution is 5.96. The molecular weight excluding hydrogens is 448 g/mol. The molecule has 0 radical (unpaired) electrons. The zero-order valence-corrected chi connectivity index (χ0v) is 15.6. The molecule has 0 aliphatic rings. The molecule has 0 saturated heterocycles. The first-order chi connectivity index (χ1) is 14.8. The minimum atomic E-state index is -5.10. The third-order valence-corrected chi connectivity index (χ3v) is 4.07. The number of benzene rings is 2. The van der Waals surface area contributed by atoms with Crippen LogP contribution in [-0.4, -0.2) is 18.5 Å². The maximum Gasteiger partial charge on any atom is 0.416 e. The van der Waals surface area contributed by atoms with Crippen molar-refractivity contribution in [3.8, 4) is 0 Å². The van der Waals surface area contributed by atoms with Crippen LogP contribution in [-0.2, 0) is 21.9 Å². The predicted octanol–water partition coefficient (Wildman–Crippen LogP) is 4.63. The van der Waals surface area contributed by atoms with Crippen LogP contribution in [0.15, 0.2) is 57.7 Å². The molecule has 3 aromatic rings. The van der Waals surface area contributed by atoms with E-state index >= 15 is 0 Å². The fraction of sp³-hybridized carbons (Fsp3) is 0.150. The van der Waals surface area contributed by atoms with Crippen LogP contribution in [0.5, 0.6) is 0 Å². The summed E-state index contributed by atoms with van der Waals surface area (Å²) in [5.74, 6) is -2.49. The minimum Gasteiger partial charge on any atom is -0.452 e. The lowest BCUT2D eigenvalue weighted by Gasteiger charge is -2.14. The highest BCUT2D eigenvalue weighted by Crippen LogP contribution is 2.37. The van der Waals surface area contributed by atoms with Gasteiger partial charge in [0.05, 0.1) is 11.1 Å². The van der Waals surface area contributed by atoms with E-state index in [1.807, 2.05) is 0 Å². The van der Waals surface area contributed by atoms with Gasteiger partial charge in [0.15, 0.2) is 6.61 Å². The lowest BCUT2D eigenvalue weighted by Crippen LogP contribution is -2.24. The van der Waals surface area contributed by atoms with Crippen molar-refractivity contribution in [3.05, 3.63) is 75.6 Å². The van der Waals surface area contributed by atoms with Crippen molar-refractivity contribution in [2.45, 2.75) is 12.4 Å². The van der Waals surface area contributed by atoms with Crippen molar-refractivity contribution in [3.63, 3.8) is 0 Å². The average Bonchev–Trinajstić information content (AvgIpc) is 2.70. The normalized spacial score (nSPS) is 11.9. The standard InChI is InChI=1S/C20H11F6NO5/c21-19(22,23)11-6-12(20(24,25)26)8-13(7-11)27-16(28)9-31-17(29)14-5-10-3-1-2-4-15(10)32-18(14)30/h1-8H,9H2,(H,27,28). The average molecular weight is 459 g/mol. The predicted molar refractivity (Wildman–Crippen MR) is 97.8 cm³/mol. The number of ether oxygens (including phenoxy) is 1. The third-order valence-electron chi connectivity index (χ3n) is 4.07. The van der Waals surface area contributed by atoms with E-state index in [9.17, 15) is 40.7 Å². The number of nitrogens with one attached hydrogen (secondary N) is 1. The molecule has 3 rings (SSSR count). The summed E-state index contributed by atoms with van der Waals surface area (Å²) in [5.41, 5.74) is -5.48. The van der Waals surface area contributed by atoms with Crippen LogP contribution in [0.2, 0.25) is 0 Å². The van der Waals surface area contributed by atoms with Gasteiger partial charge in [-0.2, -0.15) is 26.3 Å². The van der Waals surface area contributed by atoms with Crippen LogP contribution in [0, 0.1) is 0 Å². The van der Waals surface area contributed by atoms with Gasteiger partial charge >= 0.3 is 23.9 Å². The Bertz CT molecular complexity index is 1210. The number of alkyl halides is 6. The summed E-state index contributed by atoms with van der Waals surface area (Å²) in [5, 5.41) is 2.18. The molecule has 0 aliphatic heterocycles. The summed E-state index contributed by atoms with van der Waals surface area (Å²) in [6.07, 6.45) is -10.2. The molecule has 0 spiro atoms. The van der Waals surface area contributed by atoms with E-state index in [1.54, 1.807) is 17.4 Å². The molecule has 0 atom stereocenters. The summed E-state index contributed by atoms with van der Waals surface area (Å²) in [6, 6.07) is 7.86. The molecule has 0 unspecified atom stereocenters. The number of hydrogen-bond acceptors (Lipinski definition) is 5. The van der Waals surface area contributed by atoms with Crippen molar-refractivity contribution >= 4 is 28.5 Å². The van der Waals surface area contributed by atoms with Gasteiger partial charge in [-0.05, 0) is 30.3 Å². The van der Waals surface area contributed by atoms with Gasteiger partial charge in [0.1, 0.15) is 11.1 Å². The number of para-hydroxylation sites is 1. The molecule has 1 heterocycles. The molecule has 6 nitrogen and oxygen atoms in total. The molecule has 1 N–H and O–H groups in total. The molecule has 1 amide bonds. The topological polar surface area (TPSA) is 85.6 Å². The van der Waals surface area contributed by atoms with E-state index in [0.29, 0.717) is 17.5 Å². The molecule has 12 heteroatoms. The Labute approximate surface area is 174 Å². The van der Waals surface area contributed by atoms with Crippen LogP contribution in [0.1, 0.15) is 21.5 Å². The first kappa shape index (κ1) is 22.8. The lowest BCUT2D eigenvalue weighted by atomic mass is 10.1. The second-order valence-corrected chi connectivity index (χ2v) is 6.40. The van der Waals surface area contributed by atoms with Gasteiger partial charge in [0.2, 0.25) is 0 Å². The summed E-state index contributed by atoms with van der Waals surface area (Å²) in [6.45, 7) is -1.08. The molecule has 0 fully saturated rings. The molecule has 1 aromatic heterocycles. The number of anilines is 1. The van der Waals surface area contributed by atoms with Crippen molar-refractivity contribution in [1.29, 1.82) is 0 Å². The van der Waals surface area contributed by atoms with Gasteiger partial charge in [-0.3, -0.25) is 4.79 Å². The second-order valence-electron chi connectivity index (χ2n) is 6.40. The molecule has 0 bridgehead atoms. The fourth-order valence-electron chi connectivity index (χ4n) is 2.64. The third kappa shape index (κ3) is 5.25. The van der Waals surface area contributed by atoms with Gasteiger partial charge < -0.3 is 14.5 Å². The van der Waals surface area contributed by atoms with Crippen LogP contribution in [0.4, 0.5) is 32.0 Å². The van der Waals surface area contributed by atoms with E-state index in [2.05, 4.69) is 4.74 Å². The maximum atomic E-state index is 12.9. The SMILES string of the molecule is O=C(COC(=O)c1cc2ccccc2oc1=O)Nc1cc(C(F)(F)F)cc(C(F)(F)F)c1. The monoisotopic (exact) mass is 459 g/mol. The number of esters is 1. The van der Waals surface area contributed by atoms with Crippen molar-refractivity contribution in [2.75, 3.05) is 11.9 Å². The molecule has 0 saturated carbocycles. The molecular formula is C20H11F6NO5. The first-order valence-corrected chi connectivity index (χ1v) is 8.64. The molecule has 2 aromatic carbocycles. The Balaban J connectivity index is 1.74. The van der Waals surface area contributed by atoms with Crippen molar-refractivity contribution in [1.82, 2.24) is 0 Å². The number of amides is 1. The van der Waals surface area contributed by atoms with Gasteiger partial charge in [0, 0.05) is 11.1 Å². The Morgan fingerprint density at radius 3 is 2.09 bits per heavy atom. The number of hydrogen-bond donors (Lipinski definition) is 1. The largest absolute Gasteiger partial charge is 0.452 e. The van der Waals surface area contributed by atoms with E-state index in [4.69, 9.17) is 4.42 Å². The Morgan fingerprint density at radius 1 is 0.906 bits per heavy atom. The van der Waals surface area contributed by atoms with E-state index < -0.39 is 58.8 Å². The number of carbonyl (C=O) groups excluding carboxylic acids is 2. The highest BCUT2D eigenvalue weighted by Gasteiger charge is 2.37. The van der Waals surface area contributed by atoms with Gasteiger partial charge in [-0.25, -0.2) is 9.59 Å². The minimum absolute atomic E-state index is 0.102. The number of rotatable bonds is 4. The number of fused-ring (bicyclic) bond motifs is 1. The maximum absolute atomic E-state index is 12.9. The summed E-state index contributed by atoms with van der Waals surface area (Å²) < 4.78 is 86.8. The van der Waals surface area contributed by atoms with Gasteiger partial charge in [0.25, 0.3) is 5.91 Å². The van der Waals surface area contributed by atoms with Gasteiger partial charge in [-0.15, -0.1) is 0 Å². The zero-order chi connectivity index (χ0) is 23.7. The molecule has 32 heavy (non-hydrogen) atoms. The lowest BCUT2D eigenvalue weighted by molar-refractivity contribution is -0.143. The van der Waals surface area contributed by atoms with Crippen LogP contribution in [0.3, 0.4) is 0 Å². The van der Waals surface area contributed by atoms with E-state index in [-0.39, 0.29) is 11.6 Å².